The number of aryl methyl sites for hydroxylation is 2. The number of nitrogens with one attached hydrogen (secondary N) is 4. The number of aromatic amines is 1. The fourth-order valence-corrected chi connectivity index (χ4v) is 9.61. The second-order valence-corrected chi connectivity index (χ2v) is 20.0. The number of hydrogen-bond donors (Lipinski definition) is 5. The molecule has 2 aliphatic carbocycles. The Hall–Kier alpha value is -5.78. The van der Waals surface area contributed by atoms with E-state index in [1.807, 2.05) is 65.0 Å². The van der Waals surface area contributed by atoms with Crippen molar-refractivity contribution in [2.45, 2.75) is 89.8 Å². The number of ether oxygens (including phenoxy) is 2. The molecule has 0 unspecified atom stereocenters. The van der Waals surface area contributed by atoms with E-state index in [9.17, 15) is 24.3 Å². The van der Waals surface area contributed by atoms with E-state index in [0.717, 1.165) is 51.8 Å². The molecule has 0 radical (unpaired) electrons. The first-order valence-corrected chi connectivity index (χ1v) is 23.5. The second kappa shape index (κ2) is 19.5. The number of halogens is 1. The van der Waals surface area contributed by atoms with Crippen LogP contribution in [0.2, 0.25) is 0 Å². The number of anilines is 1. The zero-order chi connectivity index (χ0) is 44.0. The fourth-order valence-electron chi connectivity index (χ4n) is 7.58. The molecule has 2 aromatic carbocycles. The van der Waals surface area contributed by atoms with Gasteiger partial charge in [0.25, 0.3) is 0 Å². The van der Waals surface area contributed by atoms with Crippen molar-refractivity contribution >= 4 is 29.4 Å². The summed E-state index contributed by atoms with van der Waals surface area (Å²) in [6.07, 6.45) is 8.57. The number of carbonyl (C=O) groups excluding carboxylic acids is 3. The van der Waals surface area contributed by atoms with Crippen LogP contribution in [0, 0.1) is 40.6 Å². The molecule has 328 valence electrons. The molecule has 0 bridgehead atoms. The number of carbonyl (C=O) groups is 4. The summed E-state index contributed by atoms with van der Waals surface area (Å²) in [7, 11) is 0. The zero-order valence-electron chi connectivity index (χ0n) is 35.6. The number of carboxylic acid groups (broad SMARTS) is 1. The molecular weight excluding hydrogens is 903 g/mol. The van der Waals surface area contributed by atoms with Gasteiger partial charge in [0, 0.05) is 11.3 Å². The summed E-state index contributed by atoms with van der Waals surface area (Å²) in [6, 6.07) is 18.2. The first kappa shape index (κ1) is 44.3. The van der Waals surface area contributed by atoms with Gasteiger partial charge in [-0.2, -0.15) is 5.10 Å². The van der Waals surface area contributed by atoms with E-state index in [1.54, 1.807) is 53.5 Å². The zero-order valence-corrected chi connectivity index (χ0v) is 37.8. The fraction of sp³-hybridized carbons (Fsp3) is 0.413. The summed E-state index contributed by atoms with van der Waals surface area (Å²) < 4.78 is 14.8. The van der Waals surface area contributed by atoms with Gasteiger partial charge in [0.1, 0.15) is 6.04 Å². The Bertz CT molecular complexity index is 2330. The van der Waals surface area contributed by atoms with Crippen LogP contribution >= 0.6 is 0 Å². The summed E-state index contributed by atoms with van der Waals surface area (Å²) >= 11 is -0.659. The van der Waals surface area contributed by atoms with E-state index in [0.29, 0.717) is 58.0 Å². The first-order chi connectivity index (χ1) is 29.7. The molecule has 0 aliphatic heterocycles. The molecule has 0 spiro atoms. The third kappa shape index (κ3) is 12.0. The minimum absolute atomic E-state index is 0.0608. The van der Waals surface area contributed by atoms with Gasteiger partial charge in [-0.05, 0) is 32.1 Å². The second-order valence-electron chi connectivity index (χ2n) is 17.3. The number of hydrogen-bond acceptors (Lipinski definition) is 9. The SMILES string of the molecule is Cc1n[nH]c(C)c1-c1ccc(NC(=O)[C@@H](NC(=O)c2ccnn2C[I-]c2ccc(Oc3cccc(OCC(=O)N[C@@H](CCC(C)(C)C)C(=O)O)c3)nc2)C(C2CC2)C2CC2)cc1. The maximum absolute atomic E-state index is 14.0. The van der Waals surface area contributed by atoms with Crippen LogP contribution in [0.4, 0.5) is 5.69 Å². The van der Waals surface area contributed by atoms with Crippen LogP contribution in [-0.4, -0.2) is 72.4 Å². The van der Waals surface area contributed by atoms with E-state index < -0.39 is 45.2 Å². The van der Waals surface area contributed by atoms with Gasteiger partial charge in [-0.15, -0.1) is 0 Å². The van der Waals surface area contributed by atoms with Crippen LogP contribution in [-0.2, 0) is 18.9 Å². The number of H-pyrrole nitrogens is 1. The average Bonchev–Trinajstić information content (AvgIpc) is 4.18. The van der Waals surface area contributed by atoms with Gasteiger partial charge in [-0.1, -0.05) is 20.8 Å². The molecule has 2 saturated carbocycles. The summed E-state index contributed by atoms with van der Waals surface area (Å²) in [4.78, 5) is 56.7. The Morgan fingerprint density at radius 3 is 2.31 bits per heavy atom. The Morgan fingerprint density at radius 2 is 1.68 bits per heavy atom. The Morgan fingerprint density at radius 1 is 0.952 bits per heavy atom. The molecule has 62 heavy (non-hydrogen) atoms. The van der Waals surface area contributed by atoms with Crippen molar-refractivity contribution < 1.29 is 55.0 Å². The van der Waals surface area contributed by atoms with Crippen molar-refractivity contribution in [1.29, 1.82) is 0 Å². The molecule has 7 rings (SSSR count). The van der Waals surface area contributed by atoms with Crippen molar-refractivity contribution in [1.82, 2.24) is 35.6 Å². The molecule has 3 aromatic heterocycles. The van der Waals surface area contributed by atoms with Gasteiger partial charge in [0.2, 0.25) is 0 Å². The molecule has 2 fully saturated rings. The van der Waals surface area contributed by atoms with Crippen LogP contribution < -0.4 is 46.6 Å². The number of amides is 3. The minimum atomic E-state index is -1.08. The predicted molar refractivity (Wildman–Crippen MR) is 228 cm³/mol. The maximum atomic E-state index is 14.0. The van der Waals surface area contributed by atoms with E-state index >= 15 is 0 Å². The van der Waals surface area contributed by atoms with Crippen LogP contribution in [0.5, 0.6) is 17.4 Å². The van der Waals surface area contributed by atoms with Crippen molar-refractivity contribution in [3.63, 3.8) is 0 Å². The third-order valence-corrected chi connectivity index (χ3v) is 13.6. The van der Waals surface area contributed by atoms with Gasteiger partial charge in [0.05, 0.1) is 5.69 Å². The van der Waals surface area contributed by atoms with Crippen LogP contribution in [0.25, 0.3) is 11.1 Å². The molecule has 15 nitrogen and oxygen atoms in total. The molecule has 2 atom stereocenters. The van der Waals surface area contributed by atoms with E-state index in [-0.39, 0.29) is 29.8 Å². The quantitative estimate of drug-likeness (QED) is 0.0562. The number of aromatic nitrogens is 5. The molecular formula is C46H54IN8O7-. The molecule has 0 saturated heterocycles. The molecule has 16 heteroatoms. The van der Waals surface area contributed by atoms with Gasteiger partial charge in [-0.3, -0.25) is 5.10 Å². The Balaban J connectivity index is 0.925. The van der Waals surface area contributed by atoms with Gasteiger partial charge >= 0.3 is 277 Å². The Labute approximate surface area is 371 Å². The van der Waals surface area contributed by atoms with Crippen molar-refractivity contribution in [2.75, 3.05) is 11.9 Å². The van der Waals surface area contributed by atoms with E-state index in [4.69, 9.17) is 9.47 Å². The summed E-state index contributed by atoms with van der Waals surface area (Å²) in [5.74, 6) is -0.0448. The molecule has 5 N–H and O–H groups in total. The number of rotatable bonds is 20. The monoisotopic (exact) mass is 957 g/mol. The standard InChI is InChI=1S/C46H54IN8O7/c1-27-40(28(2)54-53-27)29-13-16-33(17-14-29)50-44(58)42(41(30-9-10-30)31-11-12-31)52-43(57)37-20-22-49-55(37)26-47-32-15-18-39(48-24-32)62-35-8-6-7-34(23-35)61-25-38(56)51-36(45(59)60)19-21-46(3,4)5/h6-8,13-18,20,22-24,30-31,36,41-42H,9-12,19,21,25-26H2,1-5H3,(H,50,58)(H,51,56)(H,52,57)(H,53,54)(H,59,60)/q-1/t36-,42-/m0/s1. The number of alkyl halides is 1. The third-order valence-electron chi connectivity index (χ3n) is 11.0. The van der Waals surface area contributed by atoms with Crippen molar-refractivity contribution in [2.24, 2.45) is 23.2 Å². The molecule has 3 heterocycles. The van der Waals surface area contributed by atoms with E-state index in [1.165, 1.54) is 0 Å². The van der Waals surface area contributed by atoms with Crippen LogP contribution in [0.15, 0.2) is 79.1 Å². The van der Waals surface area contributed by atoms with Crippen LogP contribution in [0.1, 0.15) is 81.2 Å². The molecule has 5 aromatic rings. The average molecular weight is 958 g/mol. The normalized spacial score (nSPS) is 14.9. The Kier molecular flexibility index (Phi) is 13.9. The number of carboxylic acids is 1. The summed E-state index contributed by atoms with van der Waals surface area (Å²) in [5, 5.41) is 30.1. The number of aliphatic carboxylic acids is 1. The topological polar surface area (TPSA) is 202 Å². The predicted octanol–water partition coefficient (Wildman–Crippen LogP) is 3.94. The summed E-state index contributed by atoms with van der Waals surface area (Å²) in [6.45, 7) is 9.65. The van der Waals surface area contributed by atoms with Gasteiger partial charge in [-0.25, -0.2) is 4.79 Å². The van der Waals surface area contributed by atoms with Crippen molar-refractivity contribution in [3.05, 3.63) is 99.8 Å². The molecule has 3 amide bonds. The number of nitrogens with zero attached hydrogens (tertiary/aromatic N) is 4. The number of pyridine rings is 1. The summed E-state index contributed by atoms with van der Waals surface area (Å²) in [5.41, 5.74) is 4.96. The van der Waals surface area contributed by atoms with Gasteiger partial charge in [0.15, 0.2) is 0 Å². The van der Waals surface area contributed by atoms with Gasteiger partial charge < -0.3 is 5.11 Å². The first-order valence-electron chi connectivity index (χ1n) is 20.9. The van der Waals surface area contributed by atoms with Crippen LogP contribution in [0.3, 0.4) is 0 Å². The van der Waals surface area contributed by atoms with Crippen molar-refractivity contribution in [3.8, 4) is 28.5 Å². The van der Waals surface area contributed by atoms with E-state index in [2.05, 4.69) is 36.2 Å². The number of benzene rings is 2. The molecule has 2 aliphatic rings.